The molecule has 2 fully saturated rings. The fourth-order valence-corrected chi connectivity index (χ4v) is 4.20. The summed E-state index contributed by atoms with van der Waals surface area (Å²) in [5, 5.41) is 9.47. The third-order valence-corrected chi connectivity index (χ3v) is 5.68. The molecule has 25 heavy (non-hydrogen) atoms. The number of halogens is 2. The van der Waals surface area contributed by atoms with Gasteiger partial charge in [-0.25, -0.2) is 8.78 Å². The van der Waals surface area contributed by atoms with E-state index in [1.165, 1.54) is 18.2 Å². The molecule has 1 N–H and O–H groups in total. The highest BCUT2D eigenvalue weighted by Gasteiger charge is 2.33. The summed E-state index contributed by atoms with van der Waals surface area (Å²) in [6.45, 7) is 5.11. The van der Waals surface area contributed by atoms with E-state index in [1.807, 2.05) is 0 Å². The van der Waals surface area contributed by atoms with Crippen LogP contribution >= 0.6 is 0 Å². The number of hydrogen-bond donors (Lipinski definition) is 1. The van der Waals surface area contributed by atoms with Crippen LogP contribution in [-0.2, 0) is 6.54 Å². The monoisotopic (exact) mass is 353 g/mol. The molecule has 3 rings (SSSR count). The van der Waals surface area contributed by atoms with Gasteiger partial charge in [-0.3, -0.25) is 9.80 Å². The fraction of sp³-hybridized carbons (Fsp3) is 0.684. The van der Waals surface area contributed by atoms with E-state index in [1.54, 1.807) is 0 Å². The summed E-state index contributed by atoms with van der Waals surface area (Å²) >= 11 is 0. The molecule has 0 aromatic heterocycles. The summed E-state index contributed by atoms with van der Waals surface area (Å²) in [6.07, 6.45) is 3.02. The van der Waals surface area contributed by atoms with Crippen molar-refractivity contribution in [2.24, 2.45) is 0 Å². The van der Waals surface area contributed by atoms with Crippen LogP contribution in [0.2, 0.25) is 0 Å². The van der Waals surface area contributed by atoms with Crippen molar-refractivity contribution in [2.75, 3.05) is 46.4 Å². The highest BCUT2D eigenvalue weighted by Crippen LogP contribution is 2.24. The molecule has 2 heterocycles. The zero-order valence-corrected chi connectivity index (χ0v) is 15.0. The molecule has 1 atom stereocenters. The number of hydrogen-bond acceptors (Lipinski definition) is 4. The normalized spacial score (nSPS) is 24.7. The number of nitrogens with zero attached hydrogens (tertiary/aromatic N) is 3. The van der Waals surface area contributed by atoms with Gasteiger partial charge in [0.05, 0.1) is 0 Å². The first-order chi connectivity index (χ1) is 12.1. The van der Waals surface area contributed by atoms with Crippen LogP contribution in [0.3, 0.4) is 0 Å². The third kappa shape index (κ3) is 4.56. The molecule has 4 nitrogen and oxygen atoms in total. The molecule has 0 spiro atoms. The summed E-state index contributed by atoms with van der Waals surface area (Å²) in [7, 11) is 2.16. The molecule has 2 saturated heterocycles. The van der Waals surface area contributed by atoms with Crippen molar-refractivity contribution < 1.29 is 13.9 Å². The molecule has 0 amide bonds. The maximum Gasteiger partial charge on any atom is 0.130 e. The summed E-state index contributed by atoms with van der Waals surface area (Å²) < 4.78 is 27.9. The minimum atomic E-state index is -0.476. The van der Waals surface area contributed by atoms with E-state index in [-0.39, 0.29) is 18.2 Å². The minimum Gasteiger partial charge on any atom is -0.396 e. The minimum absolute atomic E-state index is 0.149. The average molecular weight is 353 g/mol. The van der Waals surface area contributed by atoms with Gasteiger partial charge in [0, 0.05) is 50.4 Å². The SMILES string of the molecule is CN1CCC(N2CCN(Cc3c(F)cccc3F)C[C@@H]2CCO)CC1. The number of rotatable bonds is 5. The van der Waals surface area contributed by atoms with Crippen molar-refractivity contribution in [1.29, 1.82) is 0 Å². The van der Waals surface area contributed by atoms with Gasteiger partial charge in [0.25, 0.3) is 0 Å². The van der Waals surface area contributed by atoms with Gasteiger partial charge in [0.1, 0.15) is 11.6 Å². The number of aliphatic hydroxyl groups excluding tert-OH is 1. The Morgan fingerprint density at radius 2 is 1.76 bits per heavy atom. The van der Waals surface area contributed by atoms with E-state index in [2.05, 4.69) is 21.7 Å². The molecule has 0 radical (unpaired) electrons. The lowest BCUT2D eigenvalue weighted by molar-refractivity contribution is 0.00540. The van der Waals surface area contributed by atoms with Crippen molar-refractivity contribution in [3.63, 3.8) is 0 Å². The first-order valence-corrected chi connectivity index (χ1v) is 9.29. The summed E-state index contributed by atoms with van der Waals surface area (Å²) in [5.74, 6) is -0.951. The predicted octanol–water partition coefficient (Wildman–Crippen LogP) is 1.93. The molecule has 140 valence electrons. The Bertz CT molecular complexity index is 543. The predicted molar refractivity (Wildman–Crippen MR) is 94.4 cm³/mol. The number of aliphatic hydroxyl groups is 1. The second kappa shape index (κ2) is 8.54. The van der Waals surface area contributed by atoms with E-state index in [0.29, 0.717) is 19.0 Å². The Kier molecular flexibility index (Phi) is 6.39. The van der Waals surface area contributed by atoms with Crippen molar-refractivity contribution >= 4 is 0 Å². The first kappa shape index (κ1) is 18.7. The standard InChI is InChI=1S/C19H29F2N3O/c1-22-8-5-15(6-9-22)24-11-10-23(13-16(24)7-12-25)14-17-18(20)3-2-4-19(17)21/h2-4,15-16,25H,5-14H2,1H3/t16-/m0/s1. The topological polar surface area (TPSA) is 30.0 Å². The molecule has 6 heteroatoms. The van der Waals surface area contributed by atoms with Gasteiger partial charge in [-0.05, 0) is 51.5 Å². The van der Waals surface area contributed by atoms with E-state index >= 15 is 0 Å². The van der Waals surface area contributed by atoms with Crippen LogP contribution in [0.15, 0.2) is 18.2 Å². The van der Waals surface area contributed by atoms with E-state index < -0.39 is 11.6 Å². The maximum atomic E-state index is 13.9. The molecule has 1 aromatic carbocycles. The number of piperazine rings is 1. The molecule has 2 aliphatic rings. The Labute approximate surface area is 149 Å². The van der Waals surface area contributed by atoms with Crippen molar-refractivity contribution in [1.82, 2.24) is 14.7 Å². The van der Waals surface area contributed by atoms with Gasteiger partial charge in [-0.2, -0.15) is 0 Å². The second-order valence-electron chi connectivity index (χ2n) is 7.37. The van der Waals surface area contributed by atoms with Crippen LogP contribution in [-0.4, -0.2) is 78.3 Å². The Morgan fingerprint density at radius 3 is 2.40 bits per heavy atom. The highest BCUT2D eigenvalue weighted by atomic mass is 19.1. The summed E-state index contributed by atoms with van der Waals surface area (Å²) in [5.41, 5.74) is 0.151. The van der Waals surface area contributed by atoms with Gasteiger partial charge in [0.15, 0.2) is 0 Å². The molecular formula is C19H29F2N3O. The summed E-state index contributed by atoms with van der Waals surface area (Å²) in [6, 6.07) is 4.85. The lowest BCUT2D eigenvalue weighted by Crippen LogP contribution is -2.58. The smallest absolute Gasteiger partial charge is 0.130 e. The highest BCUT2D eigenvalue weighted by molar-refractivity contribution is 5.19. The Hall–Kier alpha value is -1.08. The maximum absolute atomic E-state index is 13.9. The van der Waals surface area contributed by atoms with Gasteiger partial charge in [-0.1, -0.05) is 6.07 Å². The lowest BCUT2D eigenvalue weighted by atomic mass is 9.98. The van der Waals surface area contributed by atoms with Crippen LogP contribution < -0.4 is 0 Å². The average Bonchev–Trinajstić information content (AvgIpc) is 2.60. The van der Waals surface area contributed by atoms with Gasteiger partial charge >= 0.3 is 0 Å². The fourth-order valence-electron chi connectivity index (χ4n) is 4.20. The first-order valence-electron chi connectivity index (χ1n) is 9.29. The zero-order valence-electron chi connectivity index (χ0n) is 15.0. The second-order valence-corrected chi connectivity index (χ2v) is 7.37. The molecule has 0 saturated carbocycles. The van der Waals surface area contributed by atoms with E-state index in [0.717, 1.165) is 45.6 Å². The quantitative estimate of drug-likeness (QED) is 0.876. The zero-order chi connectivity index (χ0) is 17.8. The molecule has 0 unspecified atom stereocenters. The molecule has 0 bridgehead atoms. The Morgan fingerprint density at radius 1 is 1.08 bits per heavy atom. The van der Waals surface area contributed by atoms with Crippen molar-refractivity contribution in [3.05, 3.63) is 35.4 Å². The van der Waals surface area contributed by atoms with Crippen molar-refractivity contribution in [2.45, 2.75) is 37.9 Å². The molecule has 0 aliphatic carbocycles. The van der Waals surface area contributed by atoms with Crippen LogP contribution in [0.25, 0.3) is 0 Å². The van der Waals surface area contributed by atoms with Crippen molar-refractivity contribution in [3.8, 4) is 0 Å². The van der Waals surface area contributed by atoms with Crippen LogP contribution in [0.4, 0.5) is 8.78 Å². The molecular weight excluding hydrogens is 324 g/mol. The van der Waals surface area contributed by atoms with Crippen LogP contribution in [0, 0.1) is 11.6 Å². The van der Waals surface area contributed by atoms with Gasteiger partial charge in [0.2, 0.25) is 0 Å². The van der Waals surface area contributed by atoms with Crippen LogP contribution in [0.5, 0.6) is 0 Å². The number of likely N-dealkylation sites (tertiary alicyclic amines) is 1. The summed E-state index contributed by atoms with van der Waals surface area (Å²) in [4.78, 5) is 7.00. The van der Waals surface area contributed by atoms with Crippen LogP contribution in [0.1, 0.15) is 24.8 Å². The molecule has 1 aromatic rings. The van der Waals surface area contributed by atoms with E-state index in [9.17, 15) is 13.9 Å². The molecule has 2 aliphatic heterocycles. The number of benzene rings is 1. The largest absolute Gasteiger partial charge is 0.396 e. The Balaban J connectivity index is 1.64. The lowest BCUT2D eigenvalue weighted by Gasteiger charge is -2.47. The third-order valence-electron chi connectivity index (χ3n) is 5.68. The number of piperidine rings is 1. The van der Waals surface area contributed by atoms with E-state index in [4.69, 9.17) is 0 Å². The van der Waals surface area contributed by atoms with Gasteiger partial charge < -0.3 is 10.0 Å². The van der Waals surface area contributed by atoms with Gasteiger partial charge in [-0.15, -0.1) is 0 Å².